The summed E-state index contributed by atoms with van der Waals surface area (Å²) in [5.74, 6) is -3.01. The number of carbonyl (C=O) groups excluding carboxylic acids is 4. The van der Waals surface area contributed by atoms with E-state index in [9.17, 15) is 29.1 Å². The molecule has 1 rings (SSSR count). The van der Waals surface area contributed by atoms with Gasteiger partial charge in [-0.1, -0.05) is 0 Å². The molecular weight excluding hydrogens is 452 g/mol. The van der Waals surface area contributed by atoms with Crippen LogP contribution in [0.15, 0.2) is 0 Å². The Morgan fingerprint density at radius 1 is 1.12 bits per heavy atom. The summed E-state index contributed by atoms with van der Waals surface area (Å²) in [6, 6.07) is -4.03. The third-order valence-electron chi connectivity index (χ3n) is 5.38. The van der Waals surface area contributed by atoms with Crippen LogP contribution in [0.3, 0.4) is 0 Å². The van der Waals surface area contributed by atoms with Gasteiger partial charge in [0.15, 0.2) is 0 Å². The second-order valence-electron chi connectivity index (χ2n) is 7.99. The van der Waals surface area contributed by atoms with Crippen molar-refractivity contribution in [1.29, 1.82) is 0 Å². The number of hydrogen-bond donors (Lipinski definition) is 6. The molecule has 0 aromatic carbocycles. The molecule has 1 heterocycles. The highest BCUT2D eigenvalue weighted by molar-refractivity contribution is 7.98. The number of likely N-dealkylation sites (tertiary alicyclic amines) is 1. The van der Waals surface area contributed by atoms with Crippen molar-refractivity contribution in [3.8, 4) is 0 Å². The number of nitrogens with zero attached hydrogens (tertiary/aromatic N) is 1. The average molecular weight is 489 g/mol. The fourth-order valence-electron chi connectivity index (χ4n) is 3.62. The van der Waals surface area contributed by atoms with Crippen LogP contribution in [0.2, 0.25) is 0 Å². The van der Waals surface area contributed by atoms with Crippen LogP contribution < -0.4 is 27.8 Å². The Kier molecular flexibility index (Phi) is 12.8. The summed E-state index contributed by atoms with van der Waals surface area (Å²) in [5.41, 5.74) is 16.4. The zero-order valence-electron chi connectivity index (χ0n) is 19.0. The van der Waals surface area contributed by atoms with Crippen molar-refractivity contribution in [2.75, 3.05) is 25.1 Å². The molecule has 33 heavy (non-hydrogen) atoms. The zero-order chi connectivity index (χ0) is 25.0. The maximum absolute atomic E-state index is 13.0. The zero-order valence-corrected chi connectivity index (χ0v) is 19.8. The summed E-state index contributed by atoms with van der Waals surface area (Å²) in [6.07, 6.45) is 4.13. The standard InChI is InChI=1S/C20H36N6O6S/c1-33-10-7-14(20(31)32)25-17(28)13(5-2-3-8-21)24-18(29)15-6-4-9-26(15)19(30)12(22)11-16(23)27/h12-15H,2-11,21-22H2,1H3,(H2,23,27)(H,24,29)(H,25,28)(H,31,32). The number of carboxylic acids is 1. The van der Waals surface area contributed by atoms with Gasteiger partial charge >= 0.3 is 5.97 Å². The Labute approximate surface area is 197 Å². The van der Waals surface area contributed by atoms with Crippen LogP contribution in [0.4, 0.5) is 0 Å². The van der Waals surface area contributed by atoms with E-state index in [4.69, 9.17) is 17.2 Å². The van der Waals surface area contributed by atoms with Crippen LogP contribution in [0, 0.1) is 0 Å². The van der Waals surface area contributed by atoms with Gasteiger partial charge in [-0.15, -0.1) is 0 Å². The summed E-state index contributed by atoms with van der Waals surface area (Å²) in [7, 11) is 0. The number of amides is 4. The molecule has 1 aliphatic rings. The lowest BCUT2D eigenvalue weighted by molar-refractivity contribution is -0.143. The molecule has 4 amide bonds. The molecule has 0 bridgehead atoms. The number of nitrogens with one attached hydrogen (secondary N) is 2. The van der Waals surface area contributed by atoms with Crippen molar-refractivity contribution in [1.82, 2.24) is 15.5 Å². The lowest BCUT2D eigenvalue weighted by Gasteiger charge is -2.28. The summed E-state index contributed by atoms with van der Waals surface area (Å²) in [5, 5.41) is 14.6. The van der Waals surface area contributed by atoms with Crippen molar-refractivity contribution in [3.05, 3.63) is 0 Å². The fourth-order valence-corrected chi connectivity index (χ4v) is 4.09. The van der Waals surface area contributed by atoms with E-state index in [1.165, 1.54) is 16.7 Å². The Bertz CT molecular complexity index is 709. The first-order valence-electron chi connectivity index (χ1n) is 11.0. The van der Waals surface area contributed by atoms with Gasteiger partial charge in [-0.2, -0.15) is 11.8 Å². The van der Waals surface area contributed by atoms with E-state index >= 15 is 0 Å². The number of unbranched alkanes of at least 4 members (excludes halogenated alkanes) is 1. The van der Waals surface area contributed by atoms with Crippen LogP contribution in [0.1, 0.15) is 44.9 Å². The molecule has 9 N–H and O–H groups in total. The maximum Gasteiger partial charge on any atom is 0.326 e. The second-order valence-corrected chi connectivity index (χ2v) is 8.98. The van der Waals surface area contributed by atoms with E-state index in [1.54, 1.807) is 0 Å². The van der Waals surface area contributed by atoms with Crippen molar-refractivity contribution < 1.29 is 29.1 Å². The smallest absolute Gasteiger partial charge is 0.326 e. The summed E-state index contributed by atoms with van der Waals surface area (Å²) in [4.78, 5) is 62.3. The van der Waals surface area contributed by atoms with E-state index in [2.05, 4.69) is 10.6 Å². The fraction of sp³-hybridized carbons (Fsp3) is 0.750. The van der Waals surface area contributed by atoms with Crippen molar-refractivity contribution in [2.24, 2.45) is 17.2 Å². The van der Waals surface area contributed by atoms with Gasteiger partial charge in [0.25, 0.3) is 0 Å². The van der Waals surface area contributed by atoms with Gasteiger partial charge in [0, 0.05) is 6.54 Å². The van der Waals surface area contributed by atoms with Gasteiger partial charge in [0.2, 0.25) is 23.6 Å². The number of aliphatic carboxylic acids is 1. The molecular formula is C20H36N6O6S. The summed E-state index contributed by atoms with van der Waals surface area (Å²) < 4.78 is 0. The molecule has 0 aliphatic carbocycles. The molecule has 1 fully saturated rings. The molecule has 0 aromatic heterocycles. The van der Waals surface area contributed by atoms with Crippen LogP contribution in [0.5, 0.6) is 0 Å². The van der Waals surface area contributed by atoms with Crippen LogP contribution in [-0.2, 0) is 24.0 Å². The Morgan fingerprint density at radius 2 is 1.82 bits per heavy atom. The largest absolute Gasteiger partial charge is 0.480 e. The number of thioether (sulfide) groups is 1. The first-order valence-corrected chi connectivity index (χ1v) is 12.4. The number of hydrogen-bond acceptors (Lipinski definition) is 8. The molecule has 1 saturated heterocycles. The number of carbonyl (C=O) groups is 5. The van der Waals surface area contributed by atoms with Gasteiger partial charge < -0.3 is 37.8 Å². The summed E-state index contributed by atoms with van der Waals surface area (Å²) >= 11 is 1.46. The third-order valence-corrected chi connectivity index (χ3v) is 6.03. The predicted octanol–water partition coefficient (Wildman–Crippen LogP) is -1.88. The number of carboxylic acid groups (broad SMARTS) is 1. The molecule has 12 nitrogen and oxygen atoms in total. The third kappa shape index (κ3) is 9.56. The van der Waals surface area contributed by atoms with E-state index < -0.39 is 53.8 Å². The maximum atomic E-state index is 13.0. The molecule has 4 unspecified atom stereocenters. The topological polar surface area (TPSA) is 211 Å². The van der Waals surface area contributed by atoms with Crippen molar-refractivity contribution >= 4 is 41.4 Å². The van der Waals surface area contributed by atoms with E-state index in [0.717, 1.165) is 0 Å². The Hall–Kier alpha value is -2.38. The molecule has 0 aromatic rings. The molecule has 0 spiro atoms. The lowest BCUT2D eigenvalue weighted by Crippen LogP contribution is -2.56. The van der Waals surface area contributed by atoms with E-state index in [-0.39, 0.29) is 19.3 Å². The van der Waals surface area contributed by atoms with Crippen molar-refractivity contribution in [2.45, 2.75) is 69.1 Å². The van der Waals surface area contributed by atoms with E-state index in [0.29, 0.717) is 44.5 Å². The quantitative estimate of drug-likeness (QED) is 0.142. The Balaban J connectivity index is 2.89. The monoisotopic (exact) mass is 488 g/mol. The molecule has 13 heteroatoms. The summed E-state index contributed by atoms with van der Waals surface area (Å²) in [6.45, 7) is 0.708. The number of primary amides is 1. The average Bonchev–Trinajstić information content (AvgIpc) is 3.24. The Morgan fingerprint density at radius 3 is 2.39 bits per heavy atom. The molecule has 188 valence electrons. The van der Waals surface area contributed by atoms with E-state index in [1.807, 2.05) is 6.26 Å². The highest BCUT2D eigenvalue weighted by atomic mass is 32.2. The number of nitrogens with two attached hydrogens (primary N) is 3. The van der Waals surface area contributed by atoms with Crippen molar-refractivity contribution in [3.63, 3.8) is 0 Å². The van der Waals surface area contributed by atoms with Gasteiger partial charge in [-0.3, -0.25) is 19.2 Å². The lowest BCUT2D eigenvalue weighted by atomic mass is 10.1. The highest BCUT2D eigenvalue weighted by Crippen LogP contribution is 2.19. The first kappa shape index (κ1) is 28.7. The molecule has 0 saturated carbocycles. The van der Waals surface area contributed by atoms with Gasteiger partial charge in [0.1, 0.15) is 18.1 Å². The molecule has 0 radical (unpaired) electrons. The minimum atomic E-state index is -1.15. The second kappa shape index (κ2) is 14.7. The number of rotatable bonds is 15. The first-order chi connectivity index (χ1) is 15.6. The minimum absolute atomic E-state index is 0.244. The van der Waals surface area contributed by atoms with Gasteiger partial charge in [-0.05, 0) is 57.1 Å². The highest BCUT2D eigenvalue weighted by Gasteiger charge is 2.38. The normalized spacial score (nSPS) is 18.3. The predicted molar refractivity (Wildman–Crippen MR) is 124 cm³/mol. The van der Waals surface area contributed by atoms with Gasteiger partial charge in [-0.25, -0.2) is 4.79 Å². The molecule has 4 atom stereocenters. The molecule has 1 aliphatic heterocycles. The van der Waals surface area contributed by atoms with Crippen LogP contribution in [0.25, 0.3) is 0 Å². The minimum Gasteiger partial charge on any atom is -0.480 e. The SMILES string of the molecule is CSCCC(NC(=O)C(CCCCN)NC(=O)C1CCCN1C(=O)C(N)CC(N)=O)C(=O)O. The van der Waals surface area contributed by atoms with Crippen LogP contribution >= 0.6 is 11.8 Å². The van der Waals surface area contributed by atoms with Gasteiger partial charge in [0.05, 0.1) is 12.5 Å². The van der Waals surface area contributed by atoms with Crippen LogP contribution in [-0.4, -0.2) is 88.9 Å².